The van der Waals surface area contributed by atoms with Crippen LogP contribution >= 0.6 is 0 Å². The average Bonchev–Trinajstić information content (AvgIpc) is 2.66. The van der Waals surface area contributed by atoms with Crippen LogP contribution in [0.15, 0.2) is 36.4 Å². The summed E-state index contributed by atoms with van der Waals surface area (Å²) < 4.78 is 18.2. The maximum absolute atomic E-state index is 13.2. The summed E-state index contributed by atoms with van der Waals surface area (Å²) in [6.07, 6.45) is 2.47. The van der Waals surface area contributed by atoms with Crippen molar-refractivity contribution in [3.63, 3.8) is 0 Å². The van der Waals surface area contributed by atoms with Gasteiger partial charge in [0.25, 0.3) is 0 Å². The van der Waals surface area contributed by atoms with Crippen LogP contribution in [0.2, 0.25) is 0 Å². The fraction of sp³-hybridized carbons (Fsp3) is 0.471. The molecule has 2 rings (SSSR count). The molecule has 0 amide bonds. The predicted molar refractivity (Wildman–Crippen MR) is 80.5 cm³/mol. The van der Waals surface area contributed by atoms with Gasteiger partial charge in [-0.15, -0.1) is 0 Å². The number of carbonyl (C=O) groups excluding carboxylic acids is 1. The molecule has 0 aromatic heterocycles. The smallest absolute Gasteiger partial charge is 0.310 e. The maximum atomic E-state index is 13.2. The van der Waals surface area contributed by atoms with Crippen molar-refractivity contribution in [1.82, 2.24) is 5.32 Å². The molecule has 4 heteroatoms. The maximum Gasteiger partial charge on any atom is 0.310 e. The number of halogens is 1. The number of methoxy groups -OCH3 is 1. The molecule has 1 saturated carbocycles. The number of esters is 1. The molecule has 3 unspecified atom stereocenters. The van der Waals surface area contributed by atoms with Crippen molar-refractivity contribution in [2.75, 3.05) is 14.2 Å². The van der Waals surface area contributed by atoms with Gasteiger partial charge in [0, 0.05) is 12.0 Å². The van der Waals surface area contributed by atoms with E-state index in [1.807, 2.05) is 7.05 Å². The lowest BCUT2D eigenvalue weighted by atomic mass is 9.79. The van der Waals surface area contributed by atoms with Crippen molar-refractivity contribution in [2.45, 2.75) is 31.2 Å². The summed E-state index contributed by atoms with van der Waals surface area (Å²) >= 11 is 0. The highest BCUT2D eigenvalue weighted by Crippen LogP contribution is 2.39. The molecule has 0 spiro atoms. The Morgan fingerprint density at radius 1 is 1.38 bits per heavy atom. The summed E-state index contributed by atoms with van der Waals surface area (Å²) in [6, 6.07) is 6.41. The minimum atomic E-state index is -0.287. The second-order valence-electron chi connectivity index (χ2n) is 5.59. The fourth-order valence-corrected chi connectivity index (χ4v) is 3.18. The molecule has 1 aliphatic carbocycles. The van der Waals surface area contributed by atoms with Crippen LogP contribution in [0.1, 0.15) is 30.7 Å². The normalized spacial score (nSPS) is 26.2. The Bertz CT molecular complexity index is 512. The molecule has 21 heavy (non-hydrogen) atoms. The van der Waals surface area contributed by atoms with Crippen LogP contribution < -0.4 is 5.32 Å². The third-order valence-corrected chi connectivity index (χ3v) is 4.33. The van der Waals surface area contributed by atoms with E-state index >= 15 is 0 Å². The molecule has 3 atom stereocenters. The van der Waals surface area contributed by atoms with Gasteiger partial charge < -0.3 is 10.1 Å². The number of hydrogen-bond donors (Lipinski definition) is 1. The van der Waals surface area contributed by atoms with Crippen LogP contribution in [0.3, 0.4) is 0 Å². The van der Waals surface area contributed by atoms with Crippen molar-refractivity contribution in [1.29, 1.82) is 0 Å². The summed E-state index contributed by atoms with van der Waals surface area (Å²) in [7, 11) is 3.27. The molecule has 0 saturated heterocycles. The number of rotatable bonds is 3. The van der Waals surface area contributed by atoms with E-state index in [1.54, 1.807) is 12.1 Å². The molecule has 0 radical (unpaired) electrons. The average molecular weight is 291 g/mol. The zero-order chi connectivity index (χ0) is 15.4. The molecule has 0 aliphatic heterocycles. The Hall–Kier alpha value is -1.68. The highest BCUT2D eigenvalue weighted by molar-refractivity contribution is 5.74. The van der Waals surface area contributed by atoms with Crippen LogP contribution in [0, 0.1) is 11.7 Å². The second-order valence-corrected chi connectivity index (χ2v) is 5.59. The fourth-order valence-electron chi connectivity index (χ4n) is 3.18. The molecule has 1 aliphatic rings. The van der Waals surface area contributed by atoms with E-state index in [9.17, 15) is 9.18 Å². The van der Waals surface area contributed by atoms with Gasteiger partial charge in [0.2, 0.25) is 0 Å². The Labute approximate surface area is 125 Å². The lowest BCUT2D eigenvalue weighted by molar-refractivity contribution is -0.147. The van der Waals surface area contributed by atoms with Gasteiger partial charge in [-0.1, -0.05) is 24.3 Å². The number of allylic oxidation sites excluding steroid dienone is 1. The first kappa shape index (κ1) is 15.7. The van der Waals surface area contributed by atoms with E-state index in [0.717, 1.165) is 30.4 Å². The quantitative estimate of drug-likeness (QED) is 0.528. The summed E-state index contributed by atoms with van der Waals surface area (Å²) in [6.45, 7) is 4.10. The van der Waals surface area contributed by atoms with Crippen LogP contribution in [-0.4, -0.2) is 26.2 Å². The molecule has 1 aromatic rings. The minimum absolute atomic E-state index is 0.0340. The Morgan fingerprint density at radius 2 is 2.05 bits per heavy atom. The third kappa shape index (κ3) is 3.50. The molecular formula is C17H22FNO2. The van der Waals surface area contributed by atoms with Crippen LogP contribution in [0.5, 0.6) is 0 Å². The van der Waals surface area contributed by atoms with Crippen molar-refractivity contribution in [3.8, 4) is 0 Å². The largest absolute Gasteiger partial charge is 0.469 e. The summed E-state index contributed by atoms with van der Waals surface area (Å²) in [5, 5.41) is 3.22. The number of ether oxygens (including phenoxy) is 1. The number of benzene rings is 1. The van der Waals surface area contributed by atoms with Gasteiger partial charge >= 0.3 is 5.97 Å². The first-order chi connectivity index (χ1) is 10.1. The van der Waals surface area contributed by atoms with E-state index < -0.39 is 0 Å². The van der Waals surface area contributed by atoms with Crippen molar-refractivity contribution >= 4 is 5.97 Å². The zero-order valence-electron chi connectivity index (χ0n) is 12.6. The van der Waals surface area contributed by atoms with Gasteiger partial charge in [-0.3, -0.25) is 4.79 Å². The standard InChI is InChI=1S/C17H22FNO2/c1-11-4-9-15(19-2)16(17(20)21-3)14(10-11)12-5-7-13(18)8-6-12/h5-8,14-16,19H,1,4,9-10H2,2-3H3. The second kappa shape index (κ2) is 6.85. The Kier molecular flexibility index (Phi) is 5.12. The summed E-state index contributed by atoms with van der Waals surface area (Å²) in [5.41, 5.74) is 2.08. The monoisotopic (exact) mass is 291 g/mol. The van der Waals surface area contributed by atoms with Gasteiger partial charge in [0.05, 0.1) is 13.0 Å². The van der Waals surface area contributed by atoms with E-state index in [0.29, 0.717) is 0 Å². The van der Waals surface area contributed by atoms with Gasteiger partial charge in [-0.05, 0) is 44.0 Å². The molecule has 3 nitrogen and oxygen atoms in total. The lowest BCUT2D eigenvalue weighted by Gasteiger charge is -2.29. The van der Waals surface area contributed by atoms with Crippen LogP contribution in [0.25, 0.3) is 0 Å². The first-order valence-corrected chi connectivity index (χ1v) is 7.24. The van der Waals surface area contributed by atoms with E-state index in [-0.39, 0.29) is 29.7 Å². The van der Waals surface area contributed by atoms with Crippen molar-refractivity contribution < 1.29 is 13.9 Å². The topological polar surface area (TPSA) is 38.3 Å². The SMILES string of the molecule is C=C1CCC(NC)C(C(=O)OC)C(c2ccc(F)cc2)C1. The predicted octanol–water partition coefficient (Wildman–Crippen LogP) is 3.03. The molecule has 1 fully saturated rings. The summed E-state index contributed by atoms with van der Waals surface area (Å²) in [5.74, 6) is -0.820. The van der Waals surface area contributed by atoms with E-state index in [4.69, 9.17) is 4.74 Å². The third-order valence-electron chi connectivity index (χ3n) is 4.33. The number of carbonyl (C=O) groups is 1. The molecule has 0 bridgehead atoms. The zero-order valence-corrected chi connectivity index (χ0v) is 12.6. The minimum Gasteiger partial charge on any atom is -0.469 e. The highest BCUT2D eigenvalue weighted by Gasteiger charge is 2.38. The van der Waals surface area contributed by atoms with Gasteiger partial charge in [-0.25, -0.2) is 4.39 Å². The Balaban J connectivity index is 2.41. The number of hydrogen-bond acceptors (Lipinski definition) is 3. The molecular weight excluding hydrogens is 269 g/mol. The van der Waals surface area contributed by atoms with E-state index in [2.05, 4.69) is 11.9 Å². The number of nitrogens with one attached hydrogen (secondary N) is 1. The lowest BCUT2D eigenvalue weighted by Crippen LogP contribution is -2.41. The molecule has 0 heterocycles. The molecule has 1 N–H and O–H groups in total. The van der Waals surface area contributed by atoms with Gasteiger partial charge in [-0.2, -0.15) is 0 Å². The van der Waals surface area contributed by atoms with Crippen molar-refractivity contribution in [2.24, 2.45) is 5.92 Å². The van der Waals surface area contributed by atoms with Crippen LogP contribution in [-0.2, 0) is 9.53 Å². The van der Waals surface area contributed by atoms with Crippen molar-refractivity contribution in [3.05, 3.63) is 47.8 Å². The van der Waals surface area contributed by atoms with Gasteiger partial charge in [0.1, 0.15) is 5.82 Å². The van der Waals surface area contributed by atoms with Crippen LogP contribution in [0.4, 0.5) is 4.39 Å². The van der Waals surface area contributed by atoms with E-state index in [1.165, 1.54) is 19.2 Å². The Morgan fingerprint density at radius 3 is 2.62 bits per heavy atom. The summed E-state index contributed by atoms with van der Waals surface area (Å²) in [4.78, 5) is 12.3. The molecule has 114 valence electrons. The highest BCUT2D eigenvalue weighted by atomic mass is 19.1. The van der Waals surface area contributed by atoms with Gasteiger partial charge in [0.15, 0.2) is 0 Å². The molecule has 1 aromatic carbocycles. The first-order valence-electron chi connectivity index (χ1n) is 7.24.